The third-order valence-corrected chi connectivity index (χ3v) is 3.17. The smallest absolute Gasteiger partial charge is 0.225 e. The molecule has 0 fully saturated rings. The fourth-order valence-electron chi connectivity index (χ4n) is 2.50. The first-order valence-corrected chi connectivity index (χ1v) is 6.08. The highest BCUT2D eigenvalue weighted by molar-refractivity contribution is 5.96. The van der Waals surface area contributed by atoms with Gasteiger partial charge in [-0.3, -0.25) is 4.79 Å². The summed E-state index contributed by atoms with van der Waals surface area (Å²) < 4.78 is 5.30. The molecule has 0 aliphatic carbocycles. The highest BCUT2D eigenvalue weighted by atomic mass is 16.5. The van der Waals surface area contributed by atoms with Gasteiger partial charge in [0.05, 0.1) is 12.8 Å². The van der Waals surface area contributed by atoms with Crippen LogP contribution in [0.25, 0.3) is 0 Å². The normalized spacial score (nSPS) is 18.8. The van der Waals surface area contributed by atoms with Crippen molar-refractivity contribution in [1.29, 1.82) is 0 Å². The molecular weight excluding hydrogens is 214 g/mol. The summed E-state index contributed by atoms with van der Waals surface area (Å²) in [5.41, 5.74) is 2.06. The van der Waals surface area contributed by atoms with E-state index in [1.54, 1.807) is 7.11 Å². The fraction of sp³-hybridized carbons (Fsp3) is 0.500. The summed E-state index contributed by atoms with van der Waals surface area (Å²) in [6, 6.07) is 5.96. The maximum Gasteiger partial charge on any atom is 0.225 e. The number of amides is 1. The maximum absolute atomic E-state index is 11.7. The van der Waals surface area contributed by atoms with Crippen LogP contribution in [0.15, 0.2) is 18.2 Å². The third-order valence-electron chi connectivity index (χ3n) is 3.17. The molecule has 1 aliphatic rings. The van der Waals surface area contributed by atoms with Gasteiger partial charge in [0.2, 0.25) is 5.91 Å². The minimum absolute atomic E-state index is 0.0904. The van der Waals surface area contributed by atoms with E-state index in [0.29, 0.717) is 18.3 Å². The van der Waals surface area contributed by atoms with Crippen molar-refractivity contribution in [3.05, 3.63) is 23.8 Å². The number of rotatable bonds is 3. The molecular formula is C14H19NO2. The number of carbonyl (C=O) groups is 1. The van der Waals surface area contributed by atoms with Crippen molar-refractivity contribution in [2.75, 3.05) is 12.4 Å². The molecule has 0 bridgehead atoms. The minimum Gasteiger partial charge on any atom is -0.495 e. The van der Waals surface area contributed by atoms with Crippen molar-refractivity contribution in [2.45, 2.75) is 32.6 Å². The van der Waals surface area contributed by atoms with Crippen LogP contribution in [0.4, 0.5) is 5.69 Å². The second kappa shape index (κ2) is 4.78. The van der Waals surface area contributed by atoms with E-state index in [1.165, 1.54) is 5.56 Å². The first-order chi connectivity index (χ1) is 8.11. The Labute approximate surface area is 102 Å². The summed E-state index contributed by atoms with van der Waals surface area (Å²) in [6.07, 6.45) is 1.62. The minimum atomic E-state index is 0.0904. The van der Waals surface area contributed by atoms with Crippen molar-refractivity contribution in [2.24, 2.45) is 5.92 Å². The van der Waals surface area contributed by atoms with E-state index in [9.17, 15) is 4.79 Å². The van der Waals surface area contributed by atoms with Gasteiger partial charge in [0.1, 0.15) is 5.75 Å². The van der Waals surface area contributed by atoms with Gasteiger partial charge in [-0.25, -0.2) is 0 Å². The Hall–Kier alpha value is -1.51. The number of fused-ring (bicyclic) bond motifs is 1. The quantitative estimate of drug-likeness (QED) is 0.870. The predicted octanol–water partition coefficient (Wildman–Crippen LogP) is 3.17. The summed E-state index contributed by atoms with van der Waals surface area (Å²) >= 11 is 0. The number of ether oxygens (including phenoxy) is 1. The first kappa shape index (κ1) is 12.0. The second-order valence-corrected chi connectivity index (χ2v) is 5.00. The summed E-state index contributed by atoms with van der Waals surface area (Å²) in [5, 5.41) is 2.92. The molecule has 3 nitrogen and oxygen atoms in total. The molecule has 0 radical (unpaired) electrons. The Morgan fingerprint density at radius 2 is 2.24 bits per heavy atom. The zero-order valence-electron chi connectivity index (χ0n) is 10.6. The molecule has 1 N–H and O–H groups in total. The van der Waals surface area contributed by atoms with E-state index < -0.39 is 0 Å². The van der Waals surface area contributed by atoms with Crippen LogP contribution in [-0.4, -0.2) is 13.0 Å². The average Bonchev–Trinajstić information content (AvgIpc) is 2.27. The van der Waals surface area contributed by atoms with E-state index in [1.807, 2.05) is 12.1 Å². The number of carbonyl (C=O) groups excluding carboxylic acids is 1. The van der Waals surface area contributed by atoms with Crippen LogP contribution >= 0.6 is 0 Å². The third kappa shape index (κ3) is 2.43. The molecule has 17 heavy (non-hydrogen) atoms. The van der Waals surface area contributed by atoms with Gasteiger partial charge in [0.15, 0.2) is 0 Å². The lowest BCUT2D eigenvalue weighted by atomic mass is 9.84. The zero-order valence-corrected chi connectivity index (χ0v) is 10.6. The first-order valence-electron chi connectivity index (χ1n) is 6.08. The molecule has 1 aliphatic heterocycles. The van der Waals surface area contributed by atoms with Gasteiger partial charge in [0.25, 0.3) is 0 Å². The van der Waals surface area contributed by atoms with Gasteiger partial charge in [-0.1, -0.05) is 26.0 Å². The van der Waals surface area contributed by atoms with Crippen molar-refractivity contribution >= 4 is 11.6 Å². The molecule has 0 spiro atoms. The SMILES string of the molecule is COc1cccc2c1NC(=O)CC2CC(C)C. The standard InChI is InChI=1S/C14H19NO2/c1-9(2)7-10-8-13(16)15-14-11(10)5-4-6-12(14)17-3/h4-6,9-10H,7-8H2,1-3H3,(H,15,16). The highest BCUT2D eigenvalue weighted by Crippen LogP contribution is 2.40. The summed E-state index contributed by atoms with van der Waals surface area (Å²) in [7, 11) is 1.63. The predicted molar refractivity (Wildman–Crippen MR) is 68.4 cm³/mol. The van der Waals surface area contributed by atoms with Crippen LogP contribution < -0.4 is 10.1 Å². The number of anilines is 1. The fourth-order valence-corrected chi connectivity index (χ4v) is 2.50. The van der Waals surface area contributed by atoms with Crippen LogP contribution in [-0.2, 0) is 4.79 Å². The van der Waals surface area contributed by atoms with Crippen molar-refractivity contribution in [3.63, 3.8) is 0 Å². The van der Waals surface area contributed by atoms with E-state index in [2.05, 4.69) is 25.2 Å². The number of nitrogens with one attached hydrogen (secondary N) is 1. The maximum atomic E-state index is 11.7. The molecule has 1 aromatic rings. The van der Waals surface area contributed by atoms with Crippen molar-refractivity contribution < 1.29 is 9.53 Å². The van der Waals surface area contributed by atoms with E-state index >= 15 is 0 Å². The van der Waals surface area contributed by atoms with Gasteiger partial charge >= 0.3 is 0 Å². The Morgan fingerprint density at radius 3 is 2.88 bits per heavy atom. The molecule has 2 rings (SSSR count). The summed E-state index contributed by atoms with van der Waals surface area (Å²) in [4.78, 5) is 11.7. The van der Waals surface area contributed by atoms with Crippen molar-refractivity contribution in [3.8, 4) is 5.75 Å². The Kier molecular flexibility index (Phi) is 3.36. The lowest BCUT2D eigenvalue weighted by molar-refractivity contribution is -0.116. The Bertz CT molecular complexity index is 426. The van der Waals surface area contributed by atoms with Crippen LogP contribution in [0.5, 0.6) is 5.75 Å². The number of benzene rings is 1. The van der Waals surface area contributed by atoms with Crippen molar-refractivity contribution in [1.82, 2.24) is 0 Å². The lowest BCUT2D eigenvalue weighted by Gasteiger charge is -2.27. The molecule has 0 aromatic heterocycles. The largest absolute Gasteiger partial charge is 0.495 e. The Morgan fingerprint density at radius 1 is 1.47 bits per heavy atom. The Balaban J connectivity index is 2.39. The molecule has 0 saturated carbocycles. The summed E-state index contributed by atoms with van der Waals surface area (Å²) in [5.74, 6) is 1.75. The van der Waals surface area contributed by atoms with E-state index in [0.717, 1.165) is 17.9 Å². The van der Waals surface area contributed by atoms with Gasteiger partial charge in [0, 0.05) is 6.42 Å². The molecule has 0 saturated heterocycles. The van der Waals surface area contributed by atoms with E-state index in [4.69, 9.17) is 4.74 Å². The monoisotopic (exact) mass is 233 g/mol. The lowest BCUT2D eigenvalue weighted by Crippen LogP contribution is -2.24. The van der Waals surface area contributed by atoms with Crippen LogP contribution in [0, 0.1) is 5.92 Å². The average molecular weight is 233 g/mol. The summed E-state index contributed by atoms with van der Waals surface area (Å²) in [6.45, 7) is 4.37. The van der Waals surface area contributed by atoms with Crippen LogP contribution in [0.2, 0.25) is 0 Å². The second-order valence-electron chi connectivity index (χ2n) is 5.00. The molecule has 1 unspecified atom stereocenters. The number of methoxy groups -OCH3 is 1. The molecule has 1 atom stereocenters. The number of hydrogen-bond acceptors (Lipinski definition) is 2. The van der Waals surface area contributed by atoms with Gasteiger partial charge in [-0.15, -0.1) is 0 Å². The molecule has 92 valence electrons. The number of hydrogen-bond donors (Lipinski definition) is 1. The highest BCUT2D eigenvalue weighted by Gasteiger charge is 2.27. The topological polar surface area (TPSA) is 38.3 Å². The molecule has 1 amide bonds. The van der Waals surface area contributed by atoms with E-state index in [-0.39, 0.29) is 5.91 Å². The van der Waals surface area contributed by atoms with Crippen LogP contribution in [0.3, 0.4) is 0 Å². The van der Waals surface area contributed by atoms with Gasteiger partial charge in [-0.05, 0) is 29.9 Å². The molecule has 3 heteroatoms. The molecule has 1 heterocycles. The van der Waals surface area contributed by atoms with Gasteiger partial charge < -0.3 is 10.1 Å². The number of para-hydroxylation sites is 1. The van der Waals surface area contributed by atoms with Crippen LogP contribution in [0.1, 0.15) is 38.2 Å². The molecule has 1 aromatic carbocycles. The van der Waals surface area contributed by atoms with Gasteiger partial charge in [-0.2, -0.15) is 0 Å². The zero-order chi connectivity index (χ0) is 12.4.